The Balaban J connectivity index is 1.96. The normalized spacial score (nSPS) is 10.8. The number of nitrogen functional groups attached to an aromatic ring is 1. The predicted octanol–water partition coefficient (Wildman–Crippen LogP) is 3.01. The van der Waals surface area contributed by atoms with E-state index in [0.29, 0.717) is 13.2 Å². The molecule has 0 unspecified atom stereocenters. The van der Waals surface area contributed by atoms with Gasteiger partial charge in [-0.05, 0) is 30.7 Å². The van der Waals surface area contributed by atoms with Crippen LogP contribution >= 0.6 is 0 Å². The molecule has 0 amide bonds. The summed E-state index contributed by atoms with van der Waals surface area (Å²) in [5.74, 6) is 0.754. The average Bonchev–Trinajstić information content (AvgIpc) is 2.45. The molecule has 1 heterocycles. The second-order valence-corrected chi connectivity index (χ2v) is 4.37. The molecular formula is C15H20N2O2. The van der Waals surface area contributed by atoms with Crippen molar-refractivity contribution in [3.8, 4) is 5.75 Å². The highest BCUT2D eigenvalue weighted by molar-refractivity contribution is 5.94. The van der Waals surface area contributed by atoms with Gasteiger partial charge in [-0.2, -0.15) is 0 Å². The second kappa shape index (κ2) is 6.95. The molecule has 0 aliphatic rings. The lowest BCUT2D eigenvalue weighted by Gasteiger charge is -2.10. The number of ether oxygens (including phenoxy) is 2. The van der Waals surface area contributed by atoms with E-state index in [9.17, 15) is 0 Å². The molecule has 0 aliphatic carbocycles. The molecule has 1 aromatic carbocycles. The molecule has 4 heteroatoms. The molecule has 1 aromatic heterocycles. The topological polar surface area (TPSA) is 57.4 Å². The molecule has 0 fully saturated rings. The van der Waals surface area contributed by atoms with Gasteiger partial charge in [0.05, 0.1) is 6.61 Å². The van der Waals surface area contributed by atoms with Crippen molar-refractivity contribution >= 4 is 16.6 Å². The van der Waals surface area contributed by atoms with Crippen molar-refractivity contribution in [1.82, 2.24) is 4.98 Å². The van der Waals surface area contributed by atoms with E-state index in [0.717, 1.165) is 41.8 Å². The first-order chi connectivity index (χ1) is 9.33. The van der Waals surface area contributed by atoms with Crippen molar-refractivity contribution in [1.29, 1.82) is 0 Å². The fraction of sp³-hybridized carbons (Fsp3) is 0.400. The summed E-state index contributed by atoms with van der Waals surface area (Å²) < 4.78 is 11.2. The van der Waals surface area contributed by atoms with Crippen LogP contribution in [-0.2, 0) is 4.74 Å². The summed E-state index contributed by atoms with van der Waals surface area (Å²) in [6.07, 6.45) is 3.98. The van der Waals surface area contributed by atoms with E-state index in [2.05, 4.69) is 11.9 Å². The van der Waals surface area contributed by atoms with Crippen molar-refractivity contribution in [2.45, 2.75) is 19.8 Å². The minimum absolute atomic E-state index is 0.527. The predicted molar refractivity (Wildman–Crippen MR) is 77.4 cm³/mol. The minimum atomic E-state index is 0.527. The highest BCUT2D eigenvalue weighted by atomic mass is 16.5. The summed E-state index contributed by atoms with van der Waals surface area (Å²) in [7, 11) is 0. The van der Waals surface area contributed by atoms with E-state index in [4.69, 9.17) is 15.2 Å². The number of nitrogens with zero attached hydrogens (tertiary/aromatic N) is 1. The van der Waals surface area contributed by atoms with Gasteiger partial charge in [-0.25, -0.2) is 0 Å². The highest BCUT2D eigenvalue weighted by Crippen LogP contribution is 2.27. The molecule has 19 heavy (non-hydrogen) atoms. The number of fused-ring (bicyclic) bond motifs is 1. The van der Waals surface area contributed by atoms with Crippen LogP contribution in [0, 0.1) is 0 Å². The lowest BCUT2D eigenvalue weighted by molar-refractivity contribution is 0.0985. The third-order valence-corrected chi connectivity index (χ3v) is 2.89. The number of benzene rings is 1. The highest BCUT2D eigenvalue weighted by Gasteiger charge is 2.05. The monoisotopic (exact) mass is 260 g/mol. The van der Waals surface area contributed by atoms with Crippen LogP contribution in [0.25, 0.3) is 10.9 Å². The van der Waals surface area contributed by atoms with Gasteiger partial charge in [-0.15, -0.1) is 0 Å². The lowest BCUT2D eigenvalue weighted by atomic mass is 10.2. The smallest absolute Gasteiger partial charge is 0.145 e. The Hall–Kier alpha value is -1.81. The molecule has 2 rings (SSSR count). The van der Waals surface area contributed by atoms with Crippen molar-refractivity contribution in [2.75, 3.05) is 25.6 Å². The van der Waals surface area contributed by atoms with Gasteiger partial charge in [0, 0.05) is 23.9 Å². The summed E-state index contributed by atoms with van der Waals surface area (Å²) in [4.78, 5) is 4.32. The van der Waals surface area contributed by atoms with E-state index < -0.39 is 0 Å². The Morgan fingerprint density at radius 1 is 1.16 bits per heavy atom. The van der Waals surface area contributed by atoms with Crippen LogP contribution in [0.2, 0.25) is 0 Å². The third-order valence-electron chi connectivity index (χ3n) is 2.89. The number of hydrogen-bond donors (Lipinski definition) is 1. The van der Waals surface area contributed by atoms with Gasteiger partial charge in [0.2, 0.25) is 0 Å². The Labute approximate surface area is 113 Å². The number of anilines is 1. The zero-order valence-corrected chi connectivity index (χ0v) is 11.3. The van der Waals surface area contributed by atoms with Gasteiger partial charge in [-0.3, -0.25) is 4.98 Å². The van der Waals surface area contributed by atoms with Crippen molar-refractivity contribution in [3.63, 3.8) is 0 Å². The molecule has 102 valence electrons. The van der Waals surface area contributed by atoms with Crippen molar-refractivity contribution in [3.05, 3.63) is 30.5 Å². The van der Waals surface area contributed by atoms with Crippen LogP contribution in [0.15, 0.2) is 30.5 Å². The van der Waals surface area contributed by atoms with Crippen LogP contribution < -0.4 is 10.5 Å². The fourth-order valence-corrected chi connectivity index (χ4v) is 1.84. The van der Waals surface area contributed by atoms with Crippen LogP contribution in [0.3, 0.4) is 0 Å². The van der Waals surface area contributed by atoms with E-state index >= 15 is 0 Å². The van der Waals surface area contributed by atoms with Crippen molar-refractivity contribution in [2.24, 2.45) is 0 Å². The summed E-state index contributed by atoms with van der Waals surface area (Å²) in [6.45, 7) is 4.06. The van der Waals surface area contributed by atoms with Crippen LogP contribution in [0.1, 0.15) is 19.8 Å². The lowest BCUT2D eigenvalue weighted by Crippen LogP contribution is -2.08. The molecule has 0 bridgehead atoms. The maximum Gasteiger partial charge on any atom is 0.145 e. The van der Waals surface area contributed by atoms with Gasteiger partial charge in [-0.1, -0.05) is 13.3 Å². The standard InChI is InChI=1S/C15H20N2O2/c1-2-3-9-18-10-11-19-14-7-6-13(16)12-5-4-8-17-15(12)14/h4-8H,2-3,9-11,16H2,1H3. The van der Waals surface area contributed by atoms with Crippen molar-refractivity contribution < 1.29 is 9.47 Å². The number of aromatic nitrogens is 1. The number of unbranched alkanes of at least 4 members (excludes halogenated alkanes) is 1. The van der Waals surface area contributed by atoms with E-state index in [1.54, 1.807) is 6.20 Å². The van der Waals surface area contributed by atoms with Crippen LogP contribution in [0.4, 0.5) is 5.69 Å². The summed E-state index contributed by atoms with van der Waals surface area (Å²) in [5, 5.41) is 0.923. The Bertz CT molecular complexity index is 529. The molecule has 2 aromatic rings. The SMILES string of the molecule is CCCCOCCOc1ccc(N)c2cccnc12. The quantitative estimate of drug-likeness (QED) is 0.614. The molecular weight excluding hydrogens is 240 g/mol. The zero-order chi connectivity index (χ0) is 13.5. The number of pyridine rings is 1. The molecule has 0 radical (unpaired) electrons. The maximum absolute atomic E-state index is 5.91. The fourth-order valence-electron chi connectivity index (χ4n) is 1.84. The molecule has 0 atom stereocenters. The Morgan fingerprint density at radius 2 is 2.05 bits per heavy atom. The minimum Gasteiger partial charge on any atom is -0.489 e. The third kappa shape index (κ3) is 3.58. The molecule has 0 spiro atoms. The van der Waals surface area contributed by atoms with E-state index in [1.165, 1.54) is 0 Å². The number of hydrogen-bond acceptors (Lipinski definition) is 4. The first-order valence-corrected chi connectivity index (χ1v) is 6.66. The molecule has 0 aliphatic heterocycles. The molecule has 4 nitrogen and oxygen atoms in total. The van der Waals surface area contributed by atoms with Crippen LogP contribution in [0.5, 0.6) is 5.75 Å². The Kier molecular flexibility index (Phi) is 4.98. The molecule has 0 saturated heterocycles. The summed E-state index contributed by atoms with van der Waals surface area (Å²) in [5.41, 5.74) is 7.43. The molecule has 2 N–H and O–H groups in total. The maximum atomic E-state index is 5.91. The van der Waals surface area contributed by atoms with Gasteiger partial charge in [0.1, 0.15) is 17.9 Å². The van der Waals surface area contributed by atoms with E-state index in [1.807, 2.05) is 24.3 Å². The average molecular weight is 260 g/mol. The van der Waals surface area contributed by atoms with E-state index in [-0.39, 0.29) is 0 Å². The van der Waals surface area contributed by atoms with Crippen LogP contribution in [-0.4, -0.2) is 24.8 Å². The molecule has 0 saturated carbocycles. The second-order valence-electron chi connectivity index (χ2n) is 4.37. The Morgan fingerprint density at radius 3 is 2.89 bits per heavy atom. The van der Waals surface area contributed by atoms with Gasteiger partial charge in [0.25, 0.3) is 0 Å². The number of rotatable bonds is 7. The van der Waals surface area contributed by atoms with Gasteiger partial charge in [0.15, 0.2) is 0 Å². The zero-order valence-electron chi connectivity index (χ0n) is 11.3. The summed E-state index contributed by atoms with van der Waals surface area (Å²) in [6, 6.07) is 7.52. The number of nitrogens with two attached hydrogens (primary N) is 1. The largest absolute Gasteiger partial charge is 0.489 e. The first-order valence-electron chi connectivity index (χ1n) is 6.66. The van der Waals surface area contributed by atoms with Gasteiger partial charge < -0.3 is 15.2 Å². The summed E-state index contributed by atoms with van der Waals surface area (Å²) >= 11 is 0. The first kappa shape index (κ1) is 13.6. The van der Waals surface area contributed by atoms with Gasteiger partial charge >= 0.3 is 0 Å².